The number of nitrogens with zero attached hydrogens (tertiary/aromatic N) is 2. The molecule has 3 aromatic rings. The van der Waals surface area contributed by atoms with E-state index in [1.807, 2.05) is 72.8 Å². The lowest BCUT2D eigenvalue weighted by molar-refractivity contribution is 0.0521. The minimum absolute atomic E-state index is 0.0515. The Hall–Kier alpha value is -2.98. The molecule has 0 N–H and O–H groups in total. The van der Waals surface area contributed by atoms with Crippen molar-refractivity contribution >= 4 is 17.4 Å². The molecule has 2 aliphatic rings. The second-order valence-electron chi connectivity index (χ2n) is 7.09. The minimum Gasteiger partial charge on any atom is -0.482 e. The topological polar surface area (TPSA) is 51.0 Å². The highest BCUT2D eigenvalue weighted by molar-refractivity contribution is 6.30. The van der Waals surface area contributed by atoms with Crippen molar-refractivity contribution in [1.82, 2.24) is 0 Å². The molecule has 5 rings (SSSR count). The van der Waals surface area contributed by atoms with E-state index in [0.29, 0.717) is 22.9 Å². The van der Waals surface area contributed by atoms with Crippen molar-refractivity contribution in [3.05, 3.63) is 101 Å². The van der Waals surface area contributed by atoms with Crippen molar-refractivity contribution < 1.29 is 9.53 Å². The monoisotopic (exact) mass is 388 g/mol. The molecule has 0 bridgehead atoms. The molecule has 138 valence electrons. The molecule has 3 atom stereocenters. The summed E-state index contributed by atoms with van der Waals surface area (Å²) in [6.07, 6.45) is -0.553. The Bertz CT molecular complexity index is 1070. The van der Waals surface area contributed by atoms with Crippen LogP contribution < -0.4 is 4.74 Å². The van der Waals surface area contributed by atoms with Crippen molar-refractivity contribution in [3.63, 3.8) is 0 Å². The van der Waals surface area contributed by atoms with Gasteiger partial charge in [0.05, 0.1) is 12.1 Å². The smallest absolute Gasteiger partial charge is 0.200 e. The third-order valence-corrected chi connectivity index (χ3v) is 5.80. The Kier molecular flexibility index (Phi) is 4.02. The Morgan fingerprint density at radius 2 is 1.61 bits per heavy atom. The minimum atomic E-state index is -1.14. The predicted octanol–water partition coefficient (Wildman–Crippen LogP) is 5.64. The van der Waals surface area contributed by atoms with Crippen molar-refractivity contribution in [2.24, 2.45) is 10.2 Å². The third kappa shape index (κ3) is 2.49. The third-order valence-electron chi connectivity index (χ3n) is 5.55. The number of halogens is 1. The Morgan fingerprint density at radius 1 is 0.893 bits per heavy atom. The number of rotatable bonds is 2. The summed E-state index contributed by atoms with van der Waals surface area (Å²) in [5.41, 5.74) is 1.30. The van der Waals surface area contributed by atoms with Crippen LogP contribution in [0, 0.1) is 0 Å². The predicted molar refractivity (Wildman–Crippen MR) is 107 cm³/mol. The molecule has 0 amide bonds. The highest BCUT2D eigenvalue weighted by Gasteiger charge is 2.60. The van der Waals surface area contributed by atoms with Crippen LogP contribution in [0.1, 0.15) is 33.5 Å². The number of para-hydroxylation sites is 1. The number of azo groups is 1. The van der Waals surface area contributed by atoms with Crippen LogP contribution >= 0.6 is 11.6 Å². The second kappa shape index (κ2) is 6.57. The molecule has 28 heavy (non-hydrogen) atoms. The molecule has 4 nitrogen and oxygen atoms in total. The molecular formula is C23H17ClN2O2. The first kappa shape index (κ1) is 17.1. The number of carbonyl (C=O) groups is 1. The van der Waals surface area contributed by atoms with E-state index in [4.69, 9.17) is 16.3 Å². The normalized spacial score (nSPS) is 25.5. The average molecular weight is 389 g/mol. The van der Waals surface area contributed by atoms with Gasteiger partial charge in [0.2, 0.25) is 5.78 Å². The molecule has 0 aromatic heterocycles. The molecule has 3 aromatic carbocycles. The SMILES string of the molecule is O=C1c2ccccc2OC(c2ccccc2)C12N=NCC2c1ccc(Cl)cc1. The Labute approximate surface area is 167 Å². The number of ether oxygens (including phenoxy) is 1. The largest absolute Gasteiger partial charge is 0.482 e. The van der Waals surface area contributed by atoms with Crippen molar-refractivity contribution in [2.45, 2.75) is 17.6 Å². The van der Waals surface area contributed by atoms with E-state index in [2.05, 4.69) is 10.2 Å². The van der Waals surface area contributed by atoms with E-state index < -0.39 is 11.6 Å². The van der Waals surface area contributed by atoms with Crippen LogP contribution in [0.15, 0.2) is 89.1 Å². The van der Waals surface area contributed by atoms with Gasteiger partial charge in [-0.15, -0.1) is 0 Å². The molecule has 0 aliphatic carbocycles. The Balaban J connectivity index is 1.72. The number of carbonyl (C=O) groups excluding carboxylic acids is 1. The molecule has 0 radical (unpaired) electrons. The lowest BCUT2D eigenvalue weighted by Crippen LogP contribution is -2.51. The summed E-state index contributed by atoms with van der Waals surface area (Å²) in [6.45, 7) is 0.433. The zero-order valence-electron chi connectivity index (χ0n) is 15.0. The number of ketones is 1. The highest BCUT2D eigenvalue weighted by atomic mass is 35.5. The fraction of sp³-hybridized carbons (Fsp3) is 0.174. The van der Waals surface area contributed by atoms with Crippen LogP contribution in [0.5, 0.6) is 5.75 Å². The first-order valence-corrected chi connectivity index (χ1v) is 9.57. The van der Waals surface area contributed by atoms with Gasteiger partial charge in [0.25, 0.3) is 0 Å². The number of hydrogen-bond acceptors (Lipinski definition) is 4. The lowest BCUT2D eigenvalue weighted by Gasteiger charge is -2.41. The quantitative estimate of drug-likeness (QED) is 0.570. The summed E-state index contributed by atoms with van der Waals surface area (Å²) >= 11 is 6.08. The summed E-state index contributed by atoms with van der Waals surface area (Å²) in [7, 11) is 0. The zero-order chi connectivity index (χ0) is 19.1. The number of hydrogen-bond donors (Lipinski definition) is 0. The highest BCUT2D eigenvalue weighted by Crippen LogP contribution is 2.52. The molecule has 3 unspecified atom stereocenters. The van der Waals surface area contributed by atoms with Crippen molar-refractivity contribution in [2.75, 3.05) is 6.54 Å². The maximum atomic E-state index is 13.8. The fourth-order valence-corrected chi connectivity index (χ4v) is 4.33. The van der Waals surface area contributed by atoms with Gasteiger partial charge in [-0.1, -0.05) is 66.2 Å². The second-order valence-corrected chi connectivity index (χ2v) is 7.52. The molecule has 2 heterocycles. The zero-order valence-corrected chi connectivity index (χ0v) is 15.7. The van der Waals surface area contributed by atoms with E-state index in [1.54, 1.807) is 6.07 Å². The summed E-state index contributed by atoms with van der Waals surface area (Å²) in [5, 5.41) is 9.55. The van der Waals surface area contributed by atoms with Gasteiger partial charge < -0.3 is 4.74 Å². The van der Waals surface area contributed by atoms with Crippen LogP contribution in [-0.4, -0.2) is 17.9 Å². The summed E-state index contributed by atoms with van der Waals surface area (Å²) < 4.78 is 6.40. The summed E-state index contributed by atoms with van der Waals surface area (Å²) in [5.74, 6) is 0.309. The average Bonchev–Trinajstić information content (AvgIpc) is 3.17. The fourth-order valence-electron chi connectivity index (χ4n) is 4.20. The molecule has 2 aliphatic heterocycles. The summed E-state index contributed by atoms with van der Waals surface area (Å²) in [4.78, 5) is 13.8. The van der Waals surface area contributed by atoms with Crippen LogP contribution in [-0.2, 0) is 0 Å². The van der Waals surface area contributed by atoms with Crippen LogP contribution in [0.4, 0.5) is 0 Å². The van der Waals surface area contributed by atoms with Gasteiger partial charge in [0.15, 0.2) is 11.6 Å². The van der Waals surface area contributed by atoms with E-state index in [0.717, 1.165) is 11.1 Å². The van der Waals surface area contributed by atoms with Crippen molar-refractivity contribution in [3.8, 4) is 5.75 Å². The van der Waals surface area contributed by atoms with Gasteiger partial charge in [-0.25, -0.2) is 0 Å². The van der Waals surface area contributed by atoms with E-state index in [1.165, 1.54) is 0 Å². The van der Waals surface area contributed by atoms with E-state index >= 15 is 0 Å². The number of benzene rings is 3. The maximum Gasteiger partial charge on any atom is 0.200 e. The Morgan fingerprint density at radius 3 is 2.39 bits per heavy atom. The first-order chi connectivity index (χ1) is 13.7. The number of Topliss-reactive ketones (excluding diaryl/α,β-unsaturated/α-hetero) is 1. The standard InChI is InChI=1S/C23H17ClN2O2/c24-17-12-10-15(11-13-17)19-14-25-26-23(19)21(27)18-8-4-5-9-20(18)28-22(23)16-6-2-1-3-7-16/h1-13,19,22H,14H2. The van der Waals surface area contributed by atoms with Gasteiger partial charge in [-0.3, -0.25) is 4.79 Å². The maximum absolute atomic E-state index is 13.8. The van der Waals surface area contributed by atoms with Crippen molar-refractivity contribution in [1.29, 1.82) is 0 Å². The van der Waals surface area contributed by atoms with Gasteiger partial charge in [-0.05, 0) is 35.4 Å². The van der Waals surface area contributed by atoms with Gasteiger partial charge in [0.1, 0.15) is 5.75 Å². The molecule has 0 fully saturated rings. The van der Waals surface area contributed by atoms with E-state index in [9.17, 15) is 4.79 Å². The van der Waals surface area contributed by atoms with Gasteiger partial charge in [-0.2, -0.15) is 10.2 Å². The lowest BCUT2D eigenvalue weighted by atomic mass is 9.69. The number of fused-ring (bicyclic) bond motifs is 1. The molecular weight excluding hydrogens is 372 g/mol. The molecule has 5 heteroatoms. The van der Waals surface area contributed by atoms with E-state index in [-0.39, 0.29) is 11.7 Å². The van der Waals surface area contributed by atoms with Crippen LogP contribution in [0.25, 0.3) is 0 Å². The molecule has 0 saturated heterocycles. The van der Waals surface area contributed by atoms with Crippen LogP contribution in [0.3, 0.4) is 0 Å². The first-order valence-electron chi connectivity index (χ1n) is 9.20. The molecule has 1 spiro atoms. The summed E-state index contributed by atoms with van der Waals surface area (Å²) in [6, 6.07) is 24.7. The molecule has 0 saturated carbocycles. The van der Waals surface area contributed by atoms with Gasteiger partial charge in [0, 0.05) is 10.9 Å². The van der Waals surface area contributed by atoms with Gasteiger partial charge >= 0.3 is 0 Å². The van der Waals surface area contributed by atoms with Crippen LogP contribution in [0.2, 0.25) is 5.02 Å².